The average Bonchev–Trinajstić information content (AvgIpc) is 2.40. The summed E-state index contributed by atoms with van der Waals surface area (Å²) in [5.74, 6) is -0.929. The Balaban J connectivity index is 2.24. The molecule has 1 saturated heterocycles. The van der Waals surface area contributed by atoms with Crippen LogP contribution in [0.1, 0.15) is 19.8 Å². The van der Waals surface area contributed by atoms with Crippen molar-refractivity contribution in [3.63, 3.8) is 0 Å². The smallest absolute Gasteiger partial charge is 0.230 e. The van der Waals surface area contributed by atoms with Crippen LogP contribution >= 0.6 is 0 Å². The first kappa shape index (κ1) is 15.9. The van der Waals surface area contributed by atoms with Crippen LogP contribution in [-0.4, -0.2) is 33.7 Å². The molecule has 0 atom stereocenters. The monoisotopic (exact) mass is 314 g/mol. The number of carbonyl (C=O) groups is 1. The fourth-order valence-electron chi connectivity index (χ4n) is 2.31. The Morgan fingerprint density at radius 2 is 1.95 bits per heavy atom. The van der Waals surface area contributed by atoms with Crippen molar-refractivity contribution in [2.24, 2.45) is 5.41 Å². The predicted molar refractivity (Wildman–Crippen MR) is 78.4 cm³/mol. The summed E-state index contributed by atoms with van der Waals surface area (Å²) in [6.07, 6.45) is 2.36. The van der Waals surface area contributed by atoms with Crippen molar-refractivity contribution in [1.82, 2.24) is 5.32 Å². The number of benzene rings is 1. The van der Waals surface area contributed by atoms with E-state index in [9.17, 15) is 17.6 Å². The first-order valence-corrected chi connectivity index (χ1v) is 8.63. The van der Waals surface area contributed by atoms with Crippen LogP contribution in [0.3, 0.4) is 0 Å². The lowest BCUT2D eigenvalue weighted by Crippen LogP contribution is -2.43. The summed E-state index contributed by atoms with van der Waals surface area (Å²) in [5.41, 5.74) is -0.665. The second-order valence-electron chi connectivity index (χ2n) is 5.68. The Hall–Kier alpha value is -1.47. The molecule has 1 aromatic rings. The van der Waals surface area contributed by atoms with Crippen molar-refractivity contribution in [2.45, 2.75) is 24.7 Å². The van der Waals surface area contributed by atoms with E-state index in [1.165, 1.54) is 6.07 Å². The number of halogens is 1. The van der Waals surface area contributed by atoms with Crippen molar-refractivity contribution in [1.29, 1.82) is 0 Å². The molecule has 1 aliphatic rings. The quantitative estimate of drug-likeness (QED) is 0.830. The van der Waals surface area contributed by atoms with Crippen molar-refractivity contribution in [2.75, 3.05) is 24.7 Å². The molecule has 2 rings (SSSR count). The lowest BCUT2D eigenvalue weighted by atomic mass is 9.80. The van der Waals surface area contributed by atoms with Gasteiger partial charge in [0.2, 0.25) is 5.91 Å². The second kappa shape index (κ2) is 5.73. The molecule has 2 N–H and O–H groups in total. The van der Waals surface area contributed by atoms with Gasteiger partial charge in [0.25, 0.3) is 0 Å². The highest BCUT2D eigenvalue weighted by Gasteiger charge is 2.34. The van der Waals surface area contributed by atoms with Gasteiger partial charge in [-0.05, 0) is 44.1 Å². The summed E-state index contributed by atoms with van der Waals surface area (Å²) in [6.45, 7) is 3.30. The van der Waals surface area contributed by atoms with Crippen LogP contribution in [0, 0.1) is 11.2 Å². The molecular weight excluding hydrogens is 295 g/mol. The molecule has 5 nitrogen and oxygen atoms in total. The fraction of sp³-hybridized carbons (Fsp3) is 0.500. The van der Waals surface area contributed by atoms with Gasteiger partial charge in [-0.3, -0.25) is 4.79 Å². The highest BCUT2D eigenvalue weighted by Crippen LogP contribution is 2.30. The SMILES string of the molecule is CC1(C(=O)Nc2cc(S(C)(=O)=O)ccc2F)CCNCC1. The Labute approximate surface area is 123 Å². The number of amides is 1. The van der Waals surface area contributed by atoms with Gasteiger partial charge < -0.3 is 10.6 Å². The van der Waals surface area contributed by atoms with E-state index in [2.05, 4.69) is 10.6 Å². The number of hydrogen-bond donors (Lipinski definition) is 2. The first-order chi connectivity index (χ1) is 9.72. The lowest BCUT2D eigenvalue weighted by Gasteiger charge is -2.32. The topological polar surface area (TPSA) is 75.3 Å². The molecule has 1 fully saturated rings. The van der Waals surface area contributed by atoms with Crippen LogP contribution in [0.5, 0.6) is 0 Å². The van der Waals surface area contributed by atoms with Gasteiger partial charge in [-0.1, -0.05) is 6.92 Å². The van der Waals surface area contributed by atoms with Crippen LogP contribution in [0.25, 0.3) is 0 Å². The molecule has 1 aromatic carbocycles. The lowest BCUT2D eigenvalue weighted by molar-refractivity contribution is -0.126. The number of rotatable bonds is 3. The standard InChI is InChI=1S/C14H19FN2O3S/c1-14(5-7-16-8-6-14)13(18)17-12-9-10(21(2,19)20)3-4-11(12)15/h3-4,9,16H,5-8H2,1-2H3,(H,17,18). The molecule has 0 unspecified atom stereocenters. The number of anilines is 1. The van der Waals surface area contributed by atoms with Crippen LogP contribution in [0.4, 0.5) is 10.1 Å². The van der Waals surface area contributed by atoms with Crippen LogP contribution in [-0.2, 0) is 14.6 Å². The Morgan fingerprint density at radius 3 is 2.52 bits per heavy atom. The van der Waals surface area contributed by atoms with Crippen molar-refractivity contribution < 1.29 is 17.6 Å². The molecular formula is C14H19FN2O3S. The second-order valence-corrected chi connectivity index (χ2v) is 7.69. The summed E-state index contributed by atoms with van der Waals surface area (Å²) < 4.78 is 36.8. The van der Waals surface area contributed by atoms with E-state index in [1.807, 2.05) is 6.92 Å². The van der Waals surface area contributed by atoms with Crippen LogP contribution in [0.15, 0.2) is 23.1 Å². The molecule has 0 radical (unpaired) electrons. The van der Waals surface area contributed by atoms with E-state index in [4.69, 9.17) is 0 Å². The Kier molecular flexibility index (Phi) is 4.34. The van der Waals surface area contributed by atoms with E-state index >= 15 is 0 Å². The van der Waals surface area contributed by atoms with Crippen LogP contribution in [0.2, 0.25) is 0 Å². The summed E-state index contributed by atoms with van der Waals surface area (Å²) in [4.78, 5) is 12.3. The largest absolute Gasteiger partial charge is 0.323 e. The van der Waals surface area contributed by atoms with Crippen molar-refractivity contribution in [3.05, 3.63) is 24.0 Å². The molecule has 116 valence electrons. The zero-order valence-corrected chi connectivity index (χ0v) is 12.9. The molecule has 0 spiro atoms. The number of nitrogens with one attached hydrogen (secondary N) is 2. The fourth-order valence-corrected chi connectivity index (χ4v) is 2.96. The zero-order chi connectivity index (χ0) is 15.7. The van der Waals surface area contributed by atoms with Gasteiger partial charge in [0.15, 0.2) is 9.84 Å². The molecule has 21 heavy (non-hydrogen) atoms. The molecule has 7 heteroatoms. The molecule has 0 aliphatic carbocycles. The van der Waals surface area contributed by atoms with Gasteiger partial charge >= 0.3 is 0 Å². The molecule has 1 heterocycles. The summed E-state index contributed by atoms with van der Waals surface area (Å²) >= 11 is 0. The zero-order valence-electron chi connectivity index (χ0n) is 12.1. The molecule has 1 amide bonds. The summed E-state index contributed by atoms with van der Waals surface area (Å²) in [5, 5.41) is 5.69. The van der Waals surface area contributed by atoms with Gasteiger partial charge in [0, 0.05) is 11.7 Å². The number of piperidine rings is 1. The van der Waals surface area contributed by atoms with E-state index in [0.717, 1.165) is 31.5 Å². The highest BCUT2D eigenvalue weighted by molar-refractivity contribution is 7.90. The van der Waals surface area contributed by atoms with E-state index in [0.29, 0.717) is 12.8 Å². The normalized spacial score (nSPS) is 18.2. The predicted octanol–water partition coefficient (Wildman–Crippen LogP) is 1.56. The maximum absolute atomic E-state index is 13.8. The number of hydrogen-bond acceptors (Lipinski definition) is 4. The molecule has 0 saturated carbocycles. The van der Waals surface area contributed by atoms with Gasteiger partial charge in [0.1, 0.15) is 5.82 Å². The molecule has 0 aromatic heterocycles. The van der Waals surface area contributed by atoms with E-state index < -0.39 is 21.1 Å². The number of sulfone groups is 1. The van der Waals surface area contributed by atoms with E-state index in [-0.39, 0.29) is 16.5 Å². The third kappa shape index (κ3) is 3.59. The third-order valence-electron chi connectivity index (χ3n) is 3.87. The molecule has 0 bridgehead atoms. The maximum atomic E-state index is 13.8. The van der Waals surface area contributed by atoms with Crippen LogP contribution < -0.4 is 10.6 Å². The van der Waals surface area contributed by atoms with Gasteiger partial charge in [-0.25, -0.2) is 12.8 Å². The maximum Gasteiger partial charge on any atom is 0.230 e. The summed E-state index contributed by atoms with van der Waals surface area (Å²) in [6, 6.07) is 3.40. The highest BCUT2D eigenvalue weighted by atomic mass is 32.2. The average molecular weight is 314 g/mol. The third-order valence-corrected chi connectivity index (χ3v) is 4.98. The summed E-state index contributed by atoms with van der Waals surface area (Å²) in [7, 11) is -3.45. The molecule has 1 aliphatic heterocycles. The van der Waals surface area contributed by atoms with Crippen molar-refractivity contribution in [3.8, 4) is 0 Å². The van der Waals surface area contributed by atoms with Gasteiger partial charge in [-0.15, -0.1) is 0 Å². The first-order valence-electron chi connectivity index (χ1n) is 6.74. The Bertz CT molecular complexity index is 652. The minimum absolute atomic E-state index is 0.0188. The Morgan fingerprint density at radius 1 is 1.33 bits per heavy atom. The van der Waals surface area contributed by atoms with Gasteiger partial charge in [-0.2, -0.15) is 0 Å². The van der Waals surface area contributed by atoms with E-state index in [1.54, 1.807) is 0 Å². The minimum atomic E-state index is -3.45. The van der Waals surface area contributed by atoms with Gasteiger partial charge in [0.05, 0.1) is 10.6 Å². The minimum Gasteiger partial charge on any atom is -0.323 e. The van der Waals surface area contributed by atoms with Crippen molar-refractivity contribution >= 4 is 21.4 Å². The number of carbonyl (C=O) groups excluding carboxylic acids is 1.